The molecule has 2 bridgehead atoms. The van der Waals surface area contributed by atoms with Gasteiger partial charge in [-0.05, 0) is 68.3 Å². The number of para-hydroxylation sites is 1. The molecule has 1 aromatic heterocycles. The van der Waals surface area contributed by atoms with Crippen LogP contribution in [0.15, 0.2) is 78.9 Å². The smallest absolute Gasteiger partial charge is 0.342 e. The van der Waals surface area contributed by atoms with Crippen LogP contribution in [0, 0.1) is 11.3 Å². The van der Waals surface area contributed by atoms with Crippen LogP contribution < -0.4 is 14.7 Å². The molecule has 0 amide bonds. The number of carbonyl (C=O) groups is 2. The van der Waals surface area contributed by atoms with E-state index in [4.69, 9.17) is 19.3 Å². The minimum absolute atomic E-state index is 0.0874. The molecular weight excluding hydrogens is 837 g/mol. The highest BCUT2D eigenvalue weighted by Gasteiger charge is 2.79. The summed E-state index contributed by atoms with van der Waals surface area (Å²) in [4.78, 5) is 37.9. The number of quaternary nitrogens is 1. The number of methoxy groups -OCH3 is 3. The number of ether oxygens (including phenoxy) is 3. The van der Waals surface area contributed by atoms with Crippen LogP contribution >= 0.6 is 0 Å². The second kappa shape index (κ2) is 16.8. The topological polar surface area (TPSA) is 168 Å². The number of aromatic amines is 1. The zero-order valence-electron chi connectivity index (χ0n) is 39.6. The van der Waals surface area contributed by atoms with Crippen LogP contribution in [0.25, 0.3) is 10.9 Å². The number of carbonyl (C=O) groups excluding carboxylic acids is 2. The van der Waals surface area contributed by atoms with E-state index in [1.54, 1.807) is 7.11 Å². The van der Waals surface area contributed by atoms with Crippen LogP contribution in [-0.4, -0.2) is 139 Å². The summed E-state index contributed by atoms with van der Waals surface area (Å²) in [6.45, 7) is 8.54. The van der Waals surface area contributed by atoms with Gasteiger partial charge in [0.2, 0.25) is 5.60 Å². The van der Waals surface area contributed by atoms with Gasteiger partial charge in [0.1, 0.15) is 36.0 Å². The number of benzene rings is 3. The molecule has 5 aliphatic heterocycles. The molecule has 1 unspecified atom stereocenters. The highest BCUT2D eigenvalue weighted by molar-refractivity contribution is 5.94. The maximum absolute atomic E-state index is 15.5. The third-order valence-corrected chi connectivity index (χ3v) is 17.4. The van der Waals surface area contributed by atoms with Crippen LogP contribution in [0.1, 0.15) is 80.3 Å². The highest BCUT2D eigenvalue weighted by atomic mass is 16.5. The zero-order valence-corrected chi connectivity index (χ0v) is 39.6. The number of aliphatic hydroxyl groups is 3. The Morgan fingerprint density at radius 2 is 1.65 bits per heavy atom. The van der Waals surface area contributed by atoms with Crippen molar-refractivity contribution in [1.29, 1.82) is 0 Å². The predicted molar refractivity (Wildman–Crippen MR) is 250 cm³/mol. The summed E-state index contributed by atoms with van der Waals surface area (Å²) in [7, 11) is 6.98. The summed E-state index contributed by atoms with van der Waals surface area (Å²) in [5, 5.41) is 47.3. The lowest BCUT2D eigenvalue weighted by atomic mass is 9.47. The molecule has 13 nitrogen and oxygen atoms in total. The Morgan fingerprint density at radius 1 is 0.924 bits per heavy atom. The molecule has 10 rings (SSSR count). The van der Waals surface area contributed by atoms with Crippen molar-refractivity contribution in [2.45, 2.75) is 106 Å². The lowest BCUT2D eigenvalue weighted by molar-refractivity contribution is -0.955. The van der Waals surface area contributed by atoms with Gasteiger partial charge in [0.05, 0.1) is 40.5 Å². The molecule has 4 N–H and O–H groups in total. The van der Waals surface area contributed by atoms with Crippen molar-refractivity contribution in [2.75, 3.05) is 73.1 Å². The van der Waals surface area contributed by atoms with Crippen molar-refractivity contribution >= 4 is 28.5 Å². The molecule has 1 aliphatic carbocycles. The Hall–Kier alpha value is -4.76. The van der Waals surface area contributed by atoms with Gasteiger partial charge in [-0.15, -0.1) is 0 Å². The number of H-pyrrole nitrogens is 1. The molecule has 13 heteroatoms. The number of nitrogens with zero attached hydrogens (tertiary/aromatic N) is 3. The fraction of sp³-hybridized carbons (Fsp3) is 0.547. The van der Waals surface area contributed by atoms with E-state index in [1.807, 2.05) is 43.1 Å². The molecule has 0 radical (unpaired) electrons. The van der Waals surface area contributed by atoms with Crippen LogP contribution in [0.2, 0.25) is 0 Å². The Kier molecular flexibility index (Phi) is 11.8. The average molecular weight is 905 g/mol. The van der Waals surface area contributed by atoms with Gasteiger partial charge in [0.15, 0.2) is 0 Å². The van der Waals surface area contributed by atoms with Gasteiger partial charge in [-0.3, -0.25) is 9.69 Å². The number of rotatable bonds is 8. The molecule has 66 heavy (non-hydrogen) atoms. The van der Waals surface area contributed by atoms with Crippen LogP contribution in [0.3, 0.4) is 0 Å². The third kappa shape index (κ3) is 6.32. The summed E-state index contributed by atoms with van der Waals surface area (Å²) in [5.74, 6) is -0.711. The quantitative estimate of drug-likeness (QED) is 0.112. The standard InChI is InChI=1S/C52H65N4O8.CH3O/c1-7-48(60)29-34-19-22-50(46(58)63-5,42-36(35-17-12-13-18-39(35)53-42)20-26-56(31-34,32-48)30-33-15-10-9-11-16-33)38-27-37-40(28-41(38)62-4)54(3)44-51(37)23-25-55-24-14-21-49(8-2,43(51)55)45(57)52(44,61)47(59)64-6;1-2/h9-18,21,27-28,34,43-45,53,57,60-61H,7-8,19-20,22-26,29-32H2,1-6H3;1H3/q+1;-1/t34-,43-,44+,45+,48+,49+,50-,51+,52-,56?;/m0./s1. The maximum Gasteiger partial charge on any atom is 0.342 e. The Bertz CT molecular complexity index is 2530. The second-order valence-corrected chi connectivity index (χ2v) is 20.3. The van der Waals surface area contributed by atoms with E-state index in [1.165, 1.54) is 19.8 Å². The van der Waals surface area contributed by atoms with Crippen molar-refractivity contribution in [3.05, 3.63) is 107 Å². The van der Waals surface area contributed by atoms with E-state index in [0.717, 1.165) is 64.6 Å². The minimum Gasteiger partial charge on any atom is -0.857 e. The highest BCUT2D eigenvalue weighted by Crippen LogP contribution is 2.67. The first-order valence-electron chi connectivity index (χ1n) is 23.8. The number of aromatic nitrogens is 1. The first-order valence-corrected chi connectivity index (χ1v) is 23.8. The molecule has 6 aliphatic rings. The maximum atomic E-state index is 15.5. The van der Waals surface area contributed by atoms with E-state index < -0.39 is 51.5 Å². The van der Waals surface area contributed by atoms with E-state index in [-0.39, 0.29) is 12.0 Å². The number of fused-ring (bicyclic) bond motifs is 6. The second-order valence-electron chi connectivity index (χ2n) is 20.3. The number of aliphatic hydroxyl groups excluding tert-OH is 1. The number of likely N-dealkylation sites (N-methyl/N-ethyl adjacent to an activating group) is 1. The SMILES string of the molecule is CC[C@@]1(O)C[C@@H]2CC[C@](C(=O)OC)(c3cc4c(cc3OC)N(C)[C@H]3[C@@](O)(C(=O)OC)[C@H](O)[C@]5(CC)C=CCN6CC[C@]43[C@@H]65)c3[nH]c4ccccc4c3CC[N+](Cc3ccccc3)(C2)C1.C[O-]. The lowest BCUT2D eigenvalue weighted by Crippen LogP contribution is -2.80. The van der Waals surface area contributed by atoms with Crippen molar-refractivity contribution in [3.63, 3.8) is 0 Å². The van der Waals surface area contributed by atoms with Crippen molar-refractivity contribution in [2.24, 2.45) is 11.3 Å². The summed E-state index contributed by atoms with van der Waals surface area (Å²) in [6, 6.07) is 21.8. The van der Waals surface area contributed by atoms with Crippen LogP contribution in [-0.2, 0) is 42.9 Å². The Labute approximate surface area is 388 Å². The van der Waals surface area contributed by atoms with Crippen molar-refractivity contribution < 1.29 is 48.7 Å². The molecule has 2 saturated heterocycles. The van der Waals surface area contributed by atoms with E-state index >= 15 is 4.79 Å². The number of hydrogen-bond acceptors (Lipinski definition) is 11. The first kappa shape index (κ1) is 46.4. The molecule has 354 valence electrons. The zero-order chi connectivity index (χ0) is 47.0. The molecule has 10 atom stereocenters. The number of anilines is 1. The average Bonchev–Trinajstić information content (AvgIpc) is 4.00. The molecule has 3 fully saturated rings. The summed E-state index contributed by atoms with van der Waals surface area (Å²) < 4.78 is 18.6. The van der Waals surface area contributed by atoms with Gasteiger partial charge in [-0.25, -0.2) is 4.79 Å². The monoisotopic (exact) mass is 904 g/mol. The molecule has 6 heterocycles. The van der Waals surface area contributed by atoms with Gasteiger partial charge in [0.25, 0.3) is 0 Å². The number of piperidine rings is 1. The summed E-state index contributed by atoms with van der Waals surface area (Å²) >= 11 is 0. The molecule has 1 spiro atoms. The molecule has 4 aromatic rings. The van der Waals surface area contributed by atoms with Gasteiger partial charge in [-0.1, -0.05) is 74.5 Å². The van der Waals surface area contributed by atoms with Gasteiger partial charge in [0, 0.05) is 82.3 Å². The van der Waals surface area contributed by atoms with Gasteiger partial charge < -0.3 is 49.0 Å². The third-order valence-electron chi connectivity index (χ3n) is 17.4. The fourth-order valence-corrected chi connectivity index (χ4v) is 14.9. The number of hydrogen-bond donors (Lipinski definition) is 4. The lowest BCUT2D eigenvalue weighted by Gasteiger charge is -2.63. The minimum atomic E-state index is -2.30. The van der Waals surface area contributed by atoms with Gasteiger partial charge >= 0.3 is 11.9 Å². The van der Waals surface area contributed by atoms with Crippen LogP contribution in [0.4, 0.5) is 5.69 Å². The molecular formula is C53H68N4O9. The van der Waals surface area contributed by atoms with E-state index in [2.05, 4.69) is 71.4 Å². The van der Waals surface area contributed by atoms with Gasteiger partial charge in [-0.2, -0.15) is 7.11 Å². The fourth-order valence-electron chi connectivity index (χ4n) is 14.9. The van der Waals surface area contributed by atoms with E-state index in [0.29, 0.717) is 75.9 Å². The summed E-state index contributed by atoms with van der Waals surface area (Å²) in [6.07, 6.45) is 6.61. The predicted octanol–water partition coefficient (Wildman–Crippen LogP) is 4.50. The number of esters is 2. The van der Waals surface area contributed by atoms with Crippen molar-refractivity contribution in [3.8, 4) is 5.75 Å². The largest absolute Gasteiger partial charge is 0.857 e. The normalized spacial score (nSPS) is 35.4. The number of nitrogens with one attached hydrogen (secondary N) is 1. The van der Waals surface area contributed by atoms with Crippen LogP contribution in [0.5, 0.6) is 5.75 Å². The van der Waals surface area contributed by atoms with Crippen molar-refractivity contribution in [1.82, 2.24) is 9.88 Å². The Balaban J connectivity index is 0.00000270. The molecule has 1 saturated carbocycles. The van der Waals surface area contributed by atoms with E-state index in [9.17, 15) is 20.1 Å². The first-order chi connectivity index (χ1) is 31.7. The molecule has 3 aromatic carbocycles. The summed E-state index contributed by atoms with van der Waals surface area (Å²) in [5.41, 5.74) is -0.124. The Morgan fingerprint density at radius 3 is 2.35 bits per heavy atom.